The Morgan fingerprint density at radius 3 is 2.67 bits per heavy atom. The highest BCUT2D eigenvalue weighted by Gasteiger charge is 2.23. The van der Waals surface area contributed by atoms with E-state index < -0.39 is 0 Å². The highest BCUT2D eigenvalue weighted by molar-refractivity contribution is 5.80. The summed E-state index contributed by atoms with van der Waals surface area (Å²) in [7, 11) is 0. The first-order valence-electron chi connectivity index (χ1n) is 8.94. The van der Waals surface area contributed by atoms with Crippen molar-refractivity contribution in [3.63, 3.8) is 0 Å². The molecule has 27 heavy (non-hydrogen) atoms. The number of nitrogens with two attached hydrogens (primary N) is 1. The Morgan fingerprint density at radius 2 is 1.96 bits per heavy atom. The maximum atomic E-state index is 9.28. The van der Waals surface area contributed by atoms with E-state index in [0.717, 1.165) is 48.6 Å². The van der Waals surface area contributed by atoms with Crippen molar-refractivity contribution in [3.8, 4) is 12.1 Å². The van der Waals surface area contributed by atoms with Crippen LogP contribution in [0.2, 0.25) is 0 Å². The average Bonchev–Trinajstić information content (AvgIpc) is 3.06. The van der Waals surface area contributed by atoms with Gasteiger partial charge in [0.2, 0.25) is 5.95 Å². The molecule has 3 aromatic rings. The Morgan fingerprint density at radius 1 is 1.15 bits per heavy atom. The zero-order chi connectivity index (χ0) is 18.8. The van der Waals surface area contributed by atoms with Gasteiger partial charge in [-0.2, -0.15) is 10.5 Å². The molecular weight excluding hydrogens is 338 g/mol. The van der Waals surface area contributed by atoms with Crippen LogP contribution in [0.1, 0.15) is 29.7 Å². The van der Waals surface area contributed by atoms with Crippen LogP contribution in [0.15, 0.2) is 36.5 Å². The van der Waals surface area contributed by atoms with E-state index in [0.29, 0.717) is 17.7 Å². The third-order valence-corrected chi connectivity index (χ3v) is 4.87. The second-order valence-electron chi connectivity index (χ2n) is 6.81. The molecule has 0 amide bonds. The number of nitriles is 2. The van der Waals surface area contributed by atoms with Crippen LogP contribution in [0.3, 0.4) is 0 Å². The van der Waals surface area contributed by atoms with Gasteiger partial charge in [0.1, 0.15) is 6.07 Å². The van der Waals surface area contributed by atoms with Gasteiger partial charge in [-0.1, -0.05) is 0 Å². The molecule has 1 saturated heterocycles. The number of anilines is 1. The number of rotatable bonds is 3. The first-order chi connectivity index (χ1) is 13.2. The fourth-order valence-corrected chi connectivity index (χ4v) is 3.51. The maximum absolute atomic E-state index is 9.28. The molecule has 1 atom stereocenters. The number of nitrogens with zero attached hydrogens (tertiary/aromatic N) is 6. The Labute approximate surface area is 157 Å². The van der Waals surface area contributed by atoms with Crippen LogP contribution >= 0.6 is 0 Å². The summed E-state index contributed by atoms with van der Waals surface area (Å²) in [4.78, 5) is 11.4. The molecule has 0 spiro atoms. The fraction of sp³-hybridized carbons (Fsp3) is 0.300. The van der Waals surface area contributed by atoms with Gasteiger partial charge in [-0.25, -0.2) is 4.98 Å². The molecule has 0 saturated carbocycles. The van der Waals surface area contributed by atoms with E-state index in [1.165, 1.54) is 0 Å². The molecule has 1 aliphatic rings. The Kier molecular flexibility index (Phi) is 4.45. The predicted molar refractivity (Wildman–Crippen MR) is 102 cm³/mol. The van der Waals surface area contributed by atoms with E-state index in [4.69, 9.17) is 16.0 Å². The van der Waals surface area contributed by atoms with Gasteiger partial charge in [-0.05, 0) is 43.2 Å². The molecule has 1 aliphatic heterocycles. The van der Waals surface area contributed by atoms with E-state index in [-0.39, 0.29) is 6.04 Å². The molecule has 0 aliphatic carbocycles. The number of pyridine rings is 1. The van der Waals surface area contributed by atoms with Crippen molar-refractivity contribution < 1.29 is 0 Å². The van der Waals surface area contributed by atoms with Crippen LogP contribution in [0, 0.1) is 22.7 Å². The van der Waals surface area contributed by atoms with Crippen LogP contribution in [0.4, 0.5) is 5.95 Å². The highest BCUT2D eigenvalue weighted by atomic mass is 15.3. The molecular formula is C20H19N7. The zero-order valence-corrected chi connectivity index (χ0v) is 14.8. The molecule has 4 rings (SSSR count). The quantitative estimate of drug-likeness (QED) is 0.769. The first-order valence-corrected chi connectivity index (χ1v) is 8.94. The SMILES string of the molecule is N#Cc1ccc(Cn2c(N3CCCC(N)C3)nc3ccc(C#N)cc32)nc1. The van der Waals surface area contributed by atoms with Crippen LogP contribution in [-0.4, -0.2) is 33.7 Å². The summed E-state index contributed by atoms with van der Waals surface area (Å²) in [6, 6.07) is 13.6. The molecule has 1 aromatic carbocycles. The highest BCUT2D eigenvalue weighted by Crippen LogP contribution is 2.26. The molecule has 3 heterocycles. The molecule has 2 aromatic heterocycles. The summed E-state index contributed by atoms with van der Waals surface area (Å²) >= 11 is 0. The van der Waals surface area contributed by atoms with Gasteiger partial charge in [0.05, 0.1) is 40.5 Å². The number of piperidine rings is 1. The molecule has 7 nitrogen and oxygen atoms in total. The Hall–Kier alpha value is -3.42. The lowest BCUT2D eigenvalue weighted by Gasteiger charge is -2.32. The van der Waals surface area contributed by atoms with Gasteiger partial charge < -0.3 is 15.2 Å². The van der Waals surface area contributed by atoms with Crippen molar-refractivity contribution in [1.29, 1.82) is 10.5 Å². The number of hydrogen-bond acceptors (Lipinski definition) is 6. The lowest BCUT2D eigenvalue weighted by atomic mass is 10.1. The fourth-order valence-electron chi connectivity index (χ4n) is 3.51. The summed E-state index contributed by atoms with van der Waals surface area (Å²) in [6.07, 6.45) is 3.63. The number of benzene rings is 1. The standard InChI is InChI=1S/C20H19N7/c21-9-14-4-6-18-19(8-14)27(13-17-5-3-15(10-22)11-24-17)20(25-18)26-7-1-2-16(23)12-26/h3-6,8,11,16H,1-2,7,12-13,23H2. The van der Waals surface area contributed by atoms with Crippen LogP contribution in [0.25, 0.3) is 11.0 Å². The molecule has 134 valence electrons. The molecule has 0 radical (unpaired) electrons. The normalized spacial score (nSPS) is 16.9. The third kappa shape index (κ3) is 3.33. The predicted octanol–water partition coefficient (Wildman–Crippen LogP) is 2.15. The molecule has 1 unspecified atom stereocenters. The summed E-state index contributed by atoms with van der Waals surface area (Å²) < 4.78 is 2.09. The first kappa shape index (κ1) is 17.0. The number of fused-ring (bicyclic) bond motifs is 1. The second kappa shape index (κ2) is 7.06. The second-order valence-corrected chi connectivity index (χ2v) is 6.81. The largest absolute Gasteiger partial charge is 0.341 e. The van der Waals surface area contributed by atoms with Gasteiger partial charge in [0.15, 0.2) is 0 Å². The summed E-state index contributed by atoms with van der Waals surface area (Å²) in [5, 5.41) is 18.2. The van der Waals surface area contributed by atoms with Crippen LogP contribution < -0.4 is 10.6 Å². The van der Waals surface area contributed by atoms with Gasteiger partial charge in [-0.3, -0.25) is 4.98 Å². The third-order valence-electron chi connectivity index (χ3n) is 4.87. The van der Waals surface area contributed by atoms with E-state index in [9.17, 15) is 5.26 Å². The summed E-state index contributed by atoms with van der Waals surface area (Å²) in [5.41, 5.74) is 9.87. The minimum absolute atomic E-state index is 0.134. The Bertz CT molecular complexity index is 1050. The van der Waals surface area contributed by atoms with Crippen molar-refractivity contribution in [3.05, 3.63) is 53.3 Å². The van der Waals surface area contributed by atoms with Gasteiger partial charge >= 0.3 is 0 Å². The van der Waals surface area contributed by atoms with Crippen LogP contribution in [-0.2, 0) is 6.54 Å². The molecule has 2 N–H and O–H groups in total. The summed E-state index contributed by atoms with van der Waals surface area (Å²) in [6.45, 7) is 2.18. The van der Waals surface area contributed by atoms with Crippen molar-refractivity contribution >= 4 is 17.0 Å². The van der Waals surface area contributed by atoms with Crippen LogP contribution in [0.5, 0.6) is 0 Å². The molecule has 1 fully saturated rings. The van der Waals surface area contributed by atoms with E-state index in [1.807, 2.05) is 18.2 Å². The molecule has 7 heteroatoms. The maximum Gasteiger partial charge on any atom is 0.206 e. The number of hydrogen-bond donors (Lipinski definition) is 1. The van der Waals surface area contributed by atoms with Crippen molar-refractivity contribution in [2.45, 2.75) is 25.4 Å². The van der Waals surface area contributed by atoms with Crippen molar-refractivity contribution in [2.24, 2.45) is 5.73 Å². The van der Waals surface area contributed by atoms with Gasteiger partial charge in [-0.15, -0.1) is 0 Å². The minimum Gasteiger partial charge on any atom is -0.341 e. The molecule has 0 bridgehead atoms. The average molecular weight is 357 g/mol. The lowest BCUT2D eigenvalue weighted by molar-refractivity contribution is 0.495. The Balaban J connectivity index is 1.80. The lowest BCUT2D eigenvalue weighted by Crippen LogP contribution is -2.44. The monoisotopic (exact) mass is 357 g/mol. The van der Waals surface area contributed by atoms with Crippen molar-refractivity contribution in [2.75, 3.05) is 18.0 Å². The van der Waals surface area contributed by atoms with E-state index in [2.05, 4.69) is 26.6 Å². The number of aromatic nitrogens is 3. The smallest absolute Gasteiger partial charge is 0.206 e. The minimum atomic E-state index is 0.134. The van der Waals surface area contributed by atoms with Gasteiger partial charge in [0, 0.05) is 25.3 Å². The topological polar surface area (TPSA) is 108 Å². The number of imidazole rings is 1. The summed E-state index contributed by atoms with van der Waals surface area (Å²) in [5.74, 6) is 0.849. The van der Waals surface area contributed by atoms with Gasteiger partial charge in [0.25, 0.3) is 0 Å². The zero-order valence-electron chi connectivity index (χ0n) is 14.8. The van der Waals surface area contributed by atoms with E-state index >= 15 is 0 Å². The van der Waals surface area contributed by atoms with Crippen molar-refractivity contribution in [1.82, 2.24) is 14.5 Å². The van der Waals surface area contributed by atoms with E-state index in [1.54, 1.807) is 18.3 Å².